The van der Waals surface area contributed by atoms with Crippen molar-refractivity contribution in [3.05, 3.63) is 16.3 Å². The smallest absolute Gasteiger partial charge is 0.322 e. The topological polar surface area (TPSA) is 52.7 Å². The van der Waals surface area contributed by atoms with E-state index < -0.39 is 0 Å². The van der Waals surface area contributed by atoms with Crippen LogP contribution in [0.3, 0.4) is 0 Å². The zero-order valence-electron chi connectivity index (χ0n) is 11.8. The molecule has 1 N–H and O–H groups in total. The summed E-state index contributed by atoms with van der Waals surface area (Å²) < 4.78 is 0. The molecule has 0 unspecified atom stereocenters. The summed E-state index contributed by atoms with van der Waals surface area (Å²) in [6, 6.07) is -0.0514. The maximum absolute atomic E-state index is 12.5. The summed E-state index contributed by atoms with van der Waals surface area (Å²) in [5.74, 6) is 0.169. The van der Waals surface area contributed by atoms with E-state index >= 15 is 0 Å². The van der Waals surface area contributed by atoms with Crippen molar-refractivity contribution in [3.63, 3.8) is 0 Å². The molecule has 0 saturated carbocycles. The van der Waals surface area contributed by atoms with Gasteiger partial charge in [0.2, 0.25) is 5.91 Å². The summed E-state index contributed by atoms with van der Waals surface area (Å²) in [7, 11) is 1.82. The van der Waals surface area contributed by atoms with E-state index in [1.54, 1.807) is 16.2 Å². The molecule has 3 heterocycles. The van der Waals surface area contributed by atoms with E-state index in [-0.39, 0.29) is 23.9 Å². The van der Waals surface area contributed by atoms with Crippen molar-refractivity contribution in [3.8, 4) is 0 Å². The van der Waals surface area contributed by atoms with Crippen LogP contribution in [0.4, 0.5) is 10.5 Å². The Morgan fingerprint density at radius 3 is 2.95 bits per heavy atom. The molecular formula is C14H19N3O2S. The first-order valence-electron chi connectivity index (χ1n) is 6.93. The number of nitrogens with one attached hydrogen (secondary N) is 1. The molecular weight excluding hydrogens is 274 g/mol. The summed E-state index contributed by atoms with van der Waals surface area (Å²) in [6.07, 6.45) is 1.80. The monoisotopic (exact) mass is 293 g/mol. The Hall–Kier alpha value is -1.56. The molecule has 0 bridgehead atoms. The lowest BCUT2D eigenvalue weighted by Crippen LogP contribution is -2.50. The highest BCUT2D eigenvalue weighted by atomic mass is 32.1. The van der Waals surface area contributed by atoms with Gasteiger partial charge in [0.15, 0.2) is 0 Å². The van der Waals surface area contributed by atoms with Gasteiger partial charge in [-0.15, -0.1) is 11.3 Å². The lowest BCUT2D eigenvalue weighted by molar-refractivity contribution is -0.130. The van der Waals surface area contributed by atoms with Crippen molar-refractivity contribution in [2.24, 2.45) is 5.92 Å². The molecule has 0 spiro atoms. The van der Waals surface area contributed by atoms with Crippen molar-refractivity contribution in [2.45, 2.75) is 25.8 Å². The predicted molar refractivity (Wildman–Crippen MR) is 78.9 cm³/mol. The highest BCUT2D eigenvalue weighted by Gasteiger charge is 2.45. The number of likely N-dealkylation sites (tertiary alicyclic amines) is 2. The number of thiophene rings is 1. The van der Waals surface area contributed by atoms with Crippen molar-refractivity contribution < 1.29 is 9.59 Å². The summed E-state index contributed by atoms with van der Waals surface area (Å²) in [5.41, 5.74) is 1.95. The molecule has 5 nitrogen and oxygen atoms in total. The van der Waals surface area contributed by atoms with Crippen LogP contribution in [0.15, 0.2) is 10.8 Å². The van der Waals surface area contributed by atoms with Crippen LogP contribution < -0.4 is 5.32 Å². The van der Waals surface area contributed by atoms with Crippen LogP contribution in [0.25, 0.3) is 0 Å². The van der Waals surface area contributed by atoms with E-state index in [2.05, 4.69) is 5.32 Å². The Kier molecular flexibility index (Phi) is 3.41. The van der Waals surface area contributed by atoms with Gasteiger partial charge in [-0.1, -0.05) is 0 Å². The number of aryl methyl sites for hydroxylation is 1. The normalized spacial score (nSPS) is 25.8. The molecule has 6 heteroatoms. The van der Waals surface area contributed by atoms with E-state index in [1.807, 2.05) is 29.6 Å². The zero-order chi connectivity index (χ0) is 14.3. The molecule has 2 aliphatic rings. The van der Waals surface area contributed by atoms with Gasteiger partial charge >= 0.3 is 6.03 Å². The number of carbonyl (C=O) groups is 2. The Bertz CT molecular complexity index is 542. The molecule has 2 atom stereocenters. The first kappa shape index (κ1) is 13.4. The Morgan fingerprint density at radius 2 is 2.25 bits per heavy atom. The van der Waals surface area contributed by atoms with E-state index in [0.29, 0.717) is 6.54 Å². The van der Waals surface area contributed by atoms with Gasteiger partial charge in [0, 0.05) is 25.5 Å². The SMILES string of the molecule is Cc1cscc1NC(=O)N1CCC[C@H]2C(=O)N(C)C[C@H]21. The maximum Gasteiger partial charge on any atom is 0.322 e. The van der Waals surface area contributed by atoms with E-state index in [0.717, 1.165) is 30.6 Å². The number of urea groups is 1. The van der Waals surface area contributed by atoms with E-state index in [9.17, 15) is 9.59 Å². The molecule has 0 aliphatic carbocycles. The van der Waals surface area contributed by atoms with Gasteiger partial charge in [0.05, 0.1) is 17.6 Å². The molecule has 2 fully saturated rings. The minimum atomic E-state index is -0.0794. The second kappa shape index (κ2) is 5.09. The summed E-state index contributed by atoms with van der Waals surface area (Å²) in [4.78, 5) is 28.1. The number of nitrogens with zero attached hydrogens (tertiary/aromatic N) is 2. The number of carbonyl (C=O) groups excluding carboxylic acids is 2. The van der Waals surface area contributed by atoms with Crippen molar-refractivity contribution >= 4 is 29.0 Å². The fourth-order valence-electron chi connectivity index (χ4n) is 3.15. The van der Waals surface area contributed by atoms with Gasteiger partial charge in [-0.2, -0.15) is 0 Å². The highest BCUT2D eigenvalue weighted by Crippen LogP contribution is 2.31. The standard InChI is InChI=1S/C14H19N3O2S/c1-9-7-20-8-11(9)15-14(19)17-5-3-4-10-12(17)6-16(2)13(10)18/h7-8,10,12H,3-6H2,1-2H3,(H,15,19)/t10-,12-/m1/s1. The molecule has 2 saturated heterocycles. The average molecular weight is 293 g/mol. The van der Waals surface area contributed by atoms with Crippen molar-refractivity contribution in [1.29, 1.82) is 0 Å². The lowest BCUT2D eigenvalue weighted by Gasteiger charge is -2.35. The summed E-state index contributed by atoms with van der Waals surface area (Å²) >= 11 is 1.58. The van der Waals surface area contributed by atoms with Gasteiger partial charge in [-0.05, 0) is 30.7 Å². The zero-order valence-corrected chi connectivity index (χ0v) is 12.6. The van der Waals surface area contributed by atoms with Crippen molar-refractivity contribution in [1.82, 2.24) is 9.80 Å². The fourth-order valence-corrected chi connectivity index (χ4v) is 3.93. The minimum Gasteiger partial charge on any atom is -0.343 e. The van der Waals surface area contributed by atoms with Crippen LogP contribution in [-0.4, -0.2) is 47.9 Å². The second-order valence-electron chi connectivity index (χ2n) is 5.63. The molecule has 20 heavy (non-hydrogen) atoms. The average Bonchev–Trinajstić information content (AvgIpc) is 2.95. The molecule has 3 rings (SSSR count). The third-order valence-corrected chi connectivity index (χ3v) is 5.15. The molecule has 108 valence electrons. The number of likely N-dealkylation sites (N-methyl/N-ethyl adjacent to an activating group) is 1. The Balaban J connectivity index is 1.74. The third-order valence-electron chi connectivity index (χ3n) is 4.29. The van der Waals surface area contributed by atoms with Gasteiger partial charge in [-0.3, -0.25) is 4.79 Å². The van der Waals surface area contributed by atoms with Gasteiger partial charge in [-0.25, -0.2) is 4.79 Å². The quantitative estimate of drug-likeness (QED) is 0.862. The number of piperidine rings is 1. The maximum atomic E-state index is 12.5. The van der Waals surface area contributed by atoms with Gasteiger partial charge < -0.3 is 15.1 Å². The predicted octanol–water partition coefficient (Wildman–Crippen LogP) is 2.14. The van der Waals surface area contributed by atoms with Crippen molar-refractivity contribution in [2.75, 3.05) is 25.5 Å². The molecule has 1 aromatic rings. The van der Waals surface area contributed by atoms with Crippen LogP contribution in [0.5, 0.6) is 0 Å². The summed E-state index contributed by atoms with van der Waals surface area (Å²) in [5, 5.41) is 6.93. The van der Waals surface area contributed by atoms with Gasteiger partial charge in [0.1, 0.15) is 0 Å². The first-order chi connectivity index (χ1) is 9.58. The first-order valence-corrected chi connectivity index (χ1v) is 7.87. The minimum absolute atomic E-state index is 0.0110. The summed E-state index contributed by atoms with van der Waals surface area (Å²) in [6.45, 7) is 3.37. The lowest BCUT2D eigenvalue weighted by atomic mass is 9.92. The largest absolute Gasteiger partial charge is 0.343 e. The number of hydrogen-bond donors (Lipinski definition) is 1. The van der Waals surface area contributed by atoms with Crippen LogP contribution in [0, 0.1) is 12.8 Å². The molecule has 2 aliphatic heterocycles. The van der Waals surface area contributed by atoms with Crippen LogP contribution in [0.2, 0.25) is 0 Å². The van der Waals surface area contributed by atoms with E-state index in [4.69, 9.17) is 0 Å². The number of rotatable bonds is 1. The fraction of sp³-hybridized carbons (Fsp3) is 0.571. The molecule has 3 amide bonds. The second-order valence-corrected chi connectivity index (χ2v) is 6.37. The Morgan fingerprint density at radius 1 is 1.45 bits per heavy atom. The number of amides is 3. The number of anilines is 1. The van der Waals surface area contributed by atoms with Crippen LogP contribution >= 0.6 is 11.3 Å². The third kappa shape index (κ3) is 2.18. The Labute approximate surface area is 122 Å². The highest BCUT2D eigenvalue weighted by molar-refractivity contribution is 7.08. The van der Waals surface area contributed by atoms with Crippen LogP contribution in [0.1, 0.15) is 18.4 Å². The molecule has 1 aromatic heterocycles. The van der Waals surface area contributed by atoms with Crippen LogP contribution in [-0.2, 0) is 4.79 Å². The molecule has 0 aromatic carbocycles. The number of fused-ring (bicyclic) bond motifs is 1. The molecule has 0 radical (unpaired) electrons. The number of hydrogen-bond acceptors (Lipinski definition) is 3. The van der Waals surface area contributed by atoms with E-state index in [1.165, 1.54) is 0 Å². The van der Waals surface area contributed by atoms with Gasteiger partial charge in [0.25, 0.3) is 0 Å².